The quantitative estimate of drug-likeness (QED) is 0.647. The molecule has 0 bridgehead atoms. The van der Waals surface area contributed by atoms with Gasteiger partial charge in [-0.2, -0.15) is 0 Å². The van der Waals surface area contributed by atoms with Crippen LogP contribution in [0.25, 0.3) is 0 Å². The van der Waals surface area contributed by atoms with E-state index < -0.39 is 0 Å². The number of rotatable bonds is 8. The van der Waals surface area contributed by atoms with Crippen LogP contribution in [0.5, 0.6) is 0 Å². The summed E-state index contributed by atoms with van der Waals surface area (Å²) < 4.78 is 10.5. The van der Waals surface area contributed by atoms with E-state index in [-0.39, 0.29) is 18.4 Å². The van der Waals surface area contributed by atoms with Crippen LogP contribution < -0.4 is 4.90 Å². The second kappa shape index (κ2) is 10.7. The molecule has 0 radical (unpaired) electrons. The number of nitrogens with zero attached hydrogens (tertiary/aromatic N) is 4. The molecule has 31 heavy (non-hydrogen) atoms. The van der Waals surface area contributed by atoms with Gasteiger partial charge in [-0.1, -0.05) is 43.7 Å². The van der Waals surface area contributed by atoms with Crippen molar-refractivity contribution in [2.24, 2.45) is 0 Å². The van der Waals surface area contributed by atoms with Crippen molar-refractivity contribution in [1.29, 1.82) is 0 Å². The standard InChI is InChI=1S/C24H34N4O3/c1-17(2)23-25-21(15-30-4)20(14-19-8-6-7-18(3)13-19)24(26-23)28-11-9-27(10-12-28)22(29)16-31-5/h6-8,13,17H,9-12,14-16H2,1-5H3. The Morgan fingerprint density at radius 3 is 2.45 bits per heavy atom. The van der Waals surface area contributed by atoms with Crippen LogP contribution >= 0.6 is 0 Å². The first kappa shape index (κ1) is 23.2. The maximum Gasteiger partial charge on any atom is 0.248 e. The molecule has 0 aliphatic carbocycles. The van der Waals surface area contributed by atoms with E-state index in [9.17, 15) is 4.79 Å². The maximum atomic E-state index is 12.2. The van der Waals surface area contributed by atoms with E-state index in [1.54, 1.807) is 14.2 Å². The van der Waals surface area contributed by atoms with Crippen LogP contribution in [-0.2, 0) is 27.3 Å². The fraction of sp³-hybridized carbons (Fsp3) is 0.542. The lowest BCUT2D eigenvalue weighted by atomic mass is 10.0. The summed E-state index contributed by atoms with van der Waals surface area (Å²) in [5, 5.41) is 0. The van der Waals surface area contributed by atoms with Gasteiger partial charge in [0, 0.05) is 58.3 Å². The zero-order valence-corrected chi connectivity index (χ0v) is 19.4. The molecule has 1 saturated heterocycles. The van der Waals surface area contributed by atoms with Crippen molar-refractivity contribution in [3.8, 4) is 0 Å². The Bertz CT molecular complexity index is 892. The summed E-state index contributed by atoms with van der Waals surface area (Å²) in [6.07, 6.45) is 0.747. The third-order valence-corrected chi connectivity index (χ3v) is 5.55. The van der Waals surface area contributed by atoms with E-state index in [1.165, 1.54) is 11.1 Å². The minimum atomic E-state index is 0.0350. The Kier molecular flexibility index (Phi) is 7.98. The topological polar surface area (TPSA) is 67.8 Å². The van der Waals surface area contributed by atoms with E-state index in [4.69, 9.17) is 19.4 Å². The number of amides is 1. The van der Waals surface area contributed by atoms with Crippen molar-refractivity contribution in [3.63, 3.8) is 0 Å². The zero-order valence-electron chi connectivity index (χ0n) is 19.4. The first-order valence-electron chi connectivity index (χ1n) is 10.9. The molecule has 0 atom stereocenters. The lowest BCUT2D eigenvalue weighted by molar-refractivity contribution is -0.135. The van der Waals surface area contributed by atoms with Crippen LogP contribution in [0.1, 0.15) is 48.0 Å². The molecular formula is C24H34N4O3. The monoisotopic (exact) mass is 426 g/mol. The number of aryl methyl sites for hydroxylation is 1. The SMILES string of the molecule is COCC(=O)N1CCN(c2nc(C(C)C)nc(COC)c2Cc2cccc(C)c2)CC1. The van der Waals surface area contributed by atoms with Gasteiger partial charge in [-0.15, -0.1) is 0 Å². The van der Waals surface area contributed by atoms with Gasteiger partial charge in [0.05, 0.1) is 12.3 Å². The average molecular weight is 427 g/mol. The van der Waals surface area contributed by atoms with Crippen LogP contribution in [0.15, 0.2) is 24.3 Å². The number of anilines is 1. The summed E-state index contributed by atoms with van der Waals surface area (Å²) in [6, 6.07) is 8.54. The van der Waals surface area contributed by atoms with Gasteiger partial charge in [0.2, 0.25) is 5.91 Å². The normalized spacial score (nSPS) is 14.4. The van der Waals surface area contributed by atoms with Gasteiger partial charge in [0.25, 0.3) is 0 Å². The van der Waals surface area contributed by atoms with Crippen molar-refractivity contribution >= 4 is 11.7 Å². The first-order chi connectivity index (χ1) is 14.9. The highest BCUT2D eigenvalue weighted by Crippen LogP contribution is 2.28. The molecule has 1 aliphatic heterocycles. The van der Waals surface area contributed by atoms with Crippen LogP contribution in [0, 0.1) is 6.92 Å². The highest BCUT2D eigenvalue weighted by Gasteiger charge is 2.26. The molecule has 3 rings (SSSR count). The summed E-state index contributed by atoms with van der Waals surface area (Å²) in [5.74, 6) is 2.04. The number of carbonyl (C=O) groups is 1. The Balaban J connectivity index is 1.95. The molecule has 1 amide bonds. The molecule has 0 unspecified atom stereocenters. The third kappa shape index (κ3) is 5.80. The molecule has 2 aromatic rings. The highest BCUT2D eigenvalue weighted by atomic mass is 16.5. The number of hydrogen-bond acceptors (Lipinski definition) is 6. The Labute approximate surface area is 185 Å². The molecule has 1 aromatic carbocycles. The number of ether oxygens (including phenoxy) is 2. The van der Waals surface area contributed by atoms with Crippen molar-refractivity contribution < 1.29 is 14.3 Å². The van der Waals surface area contributed by atoms with Gasteiger partial charge < -0.3 is 19.3 Å². The third-order valence-electron chi connectivity index (χ3n) is 5.55. The van der Waals surface area contributed by atoms with Gasteiger partial charge in [-0.25, -0.2) is 9.97 Å². The Morgan fingerprint density at radius 2 is 1.84 bits per heavy atom. The summed E-state index contributed by atoms with van der Waals surface area (Å²) >= 11 is 0. The number of piperazine rings is 1. The fourth-order valence-corrected chi connectivity index (χ4v) is 3.90. The van der Waals surface area contributed by atoms with Gasteiger partial charge in [-0.3, -0.25) is 4.79 Å². The fourth-order valence-electron chi connectivity index (χ4n) is 3.90. The lowest BCUT2D eigenvalue weighted by Crippen LogP contribution is -2.50. The predicted octanol–water partition coefficient (Wildman–Crippen LogP) is 2.94. The lowest BCUT2D eigenvalue weighted by Gasteiger charge is -2.36. The van der Waals surface area contributed by atoms with Gasteiger partial charge in [-0.05, 0) is 12.5 Å². The Hall–Kier alpha value is -2.51. The van der Waals surface area contributed by atoms with Gasteiger partial charge in [0.15, 0.2) is 0 Å². The van der Waals surface area contributed by atoms with E-state index >= 15 is 0 Å². The van der Waals surface area contributed by atoms with E-state index in [1.807, 2.05) is 4.90 Å². The van der Waals surface area contributed by atoms with Crippen LogP contribution in [0.4, 0.5) is 5.82 Å². The van der Waals surface area contributed by atoms with Crippen molar-refractivity contribution in [3.05, 3.63) is 52.5 Å². The van der Waals surface area contributed by atoms with Crippen LogP contribution in [0.3, 0.4) is 0 Å². The average Bonchev–Trinajstić information content (AvgIpc) is 2.75. The van der Waals surface area contributed by atoms with E-state index in [0.717, 1.165) is 42.4 Å². The summed E-state index contributed by atoms with van der Waals surface area (Å²) in [6.45, 7) is 9.68. The van der Waals surface area contributed by atoms with Crippen molar-refractivity contribution in [1.82, 2.24) is 14.9 Å². The van der Waals surface area contributed by atoms with Crippen LogP contribution in [-0.4, -0.2) is 67.8 Å². The molecule has 168 valence electrons. The predicted molar refractivity (Wildman–Crippen MR) is 121 cm³/mol. The molecule has 2 heterocycles. The summed E-state index contributed by atoms with van der Waals surface area (Å²) in [4.78, 5) is 26.2. The molecule has 1 aromatic heterocycles. The molecule has 0 N–H and O–H groups in total. The minimum absolute atomic E-state index is 0.0350. The molecular weight excluding hydrogens is 392 g/mol. The molecule has 7 heteroatoms. The number of methoxy groups -OCH3 is 2. The first-order valence-corrected chi connectivity index (χ1v) is 10.9. The van der Waals surface area contributed by atoms with Crippen molar-refractivity contribution in [2.75, 3.05) is 51.9 Å². The van der Waals surface area contributed by atoms with E-state index in [0.29, 0.717) is 19.7 Å². The van der Waals surface area contributed by atoms with Gasteiger partial charge >= 0.3 is 0 Å². The molecule has 1 aliphatic rings. The molecule has 7 nitrogen and oxygen atoms in total. The zero-order chi connectivity index (χ0) is 22.4. The molecule has 0 spiro atoms. The smallest absolute Gasteiger partial charge is 0.248 e. The number of benzene rings is 1. The number of carbonyl (C=O) groups excluding carboxylic acids is 1. The highest BCUT2D eigenvalue weighted by molar-refractivity contribution is 5.77. The molecule has 0 saturated carbocycles. The summed E-state index contributed by atoms with van der Waals surface area (Å²) in [5.41, 5.74) is 4.51. The van der Waals surface area contributed by atoms with Gasteiger partial charge in [0.1, 0.15) is 18.2 Å². The number of aromatic nitrogens is 2. The largest absolute Gasteiger partial charge is 0.378 e. The summed E-state index contributed by atoms with van der Waals surface area (Å²) in [7, 11) is 3.25. The Morgan fingerprint density at radius 1 is 1.10 bits per heavy atom. The maximum absolute atomic E-state index is 12.2. The number of hydrogen-bond donors (Lipinski definition) is 0. The van der Waals surface area contributed by atoms with Crippen molar-refractivity contribution in [2.45, 2.75) is 39.7 Å². The van der Waals surface area contributed by atoms with E-state index in [2.05, 4.69) is 49.9 Å². The molecule has 1 fully saturated rings. The minimum Gasteiger partial charge on any atom is -0.378 e. The second-order valence-electron chi connectivity index (χ2n) is 8.39. The van der Waals surface area contributed by atoms with Crippen LogP contribution in [0.2, 0.25) is 0 Å². The second-order valence-corrected chi connectivity index (χ2v) is 8.39.